The van der Waals surface area contributed by atoms with Crippen LogP contribution in [0.1, 0.15) is 54.0 Å². The van der Waals surface area contributed by atoms with E-state index in [1.54, 1.807) is 6.07 Å². The molecule has 0 bridgehead atoms. The zero-order valence-electron chi connectivity index (χ0n) is 26.0. The molecule has 0 saturated heterocycles. The van der Waals surface area contributed by atoms with Crippen LogP contribution in [0.3, 0.4) is 0 Å². The van der Waals surface area contributed by atoms with Crippen molar-refractivity contribution in [3.63, 3.8) is 0 Å². The van der Waals surface area contributed by atoms with Crippen LogP contribution in [0.2, 0.25) is 0 Å². The van der Waals surface area contributed by atoms with Crippen molar-refractivity contribution >= 4 is 10.8 Å². The third kappa shape index (κ3) is 8.41. The monoisotopic (exact) mass is 698 g/mol. The maximum Gasteiger partial charge on any atom is 0.458 e. The van der Waals surface area contributed by atoms with Gasteiger partial charge in [-0.25, -0.2) is 22.0 Å². The first-order valence-electron chi connectivity index (χ1n) is 15.1. The van der Waals surface area contributed by atoms with Crippen LogP contribution < -0.4 is 4.74 Å². The van der Waals surface area contributed by atoms with Crippen LogP contribution in [-0.4, -0.2) is 6.18 Å². The van der Waals surface area contributed by atoms with Gasteiger partial charge in [-0.3, -0.25) is 0 Å². The Morgan fingerprint density at radius 3 is 1.96 bits per heavy atom. The first-order valence-corrected chi connectivity index (χ1v) is 15.1. The van der Waals surface area contributed by atoms with E-state index in [1.165, 1.54) is 23.6 Å². The van der Waals surface area contributed by atoms with E-state index >= 15 is 8.78 Å². The summed E-state index contributed by atoms with van der Waals surface area (Å²) >= 11 is 0. The standard InChI is InChI=1S/C39H24F10O/c1-2-3-4-5-23-6-9-25(10-7-23)27-13-12-26(32(40)21-27)11-8-24-18-34(42)36(35(43)19-24)39(48,49)50-29-14-15-30-28(20-29)22-33(41)31(37(30)44)16-17-38(45,46)47/h6-7,9-10,12-15,18-22H,2-5H2,1H3. The van der Waals surface area contributed by atoms with Gasteiger partial charge in [-0.1, -0.05) is 67.9 Å². The first-order chi connectivity index (χ1) is 23.6. The van der Waals surface area contributed by atoms with Gasteiger partial charge < -0.3 is 4.74 Å². The summed E-state index contributed by atoms with van der Waals surface area (Å²) in [5.74, 6) is -1.09. The van der Waals surface area contributed by atoms with Crippen molar-refractivity contribution in [3.05, 3.63) is 136 Å². The van der Waals surface area contributed by atoms with E-state index in [0.29, 0.717) is 29.8 Å². The minimum absolute atomic E-state index is 0.104. The van der Waals surface area contributed by atoms with Gasteiger partial charge in [-0.15, -0.1) is 0 Å². The number of rotatable bonds is 8. The number of ether oxygens (including phenoxy) is 1. The van der Waals surface area contributed by atoms with Gasteiger partial charge in [0.1, 0.15) is 40.4 Å². The molecule has 0 spiro atoms. The maximum absolute atomic E-state index is 15.0. The minimum atomic E-state index is -5.03. The third-order valence-electron chi connectivity index (χ3n) is 7.58. The molecule has 0 aliphatic heterocycles. The number of aryl methyl sites for hydroxylation is 1. The Bertz CT molecular complexity index is 2160. The van der Waals surface area contributed by atoms with Crippen molar-refractivity contribution in [2.24, 2.45) is 0 Å². The molecule has 0 heterocycles. The number of unbranched alkanes of at least 4 members (excludes halogenated alkanes) is 2. The van der Waals surface area contributed by atoms with Crippen LogP contribution in [0.25, 0.3) is 21.9 Å². The Morgan fingerprint density at radius 2 is 1.32 bits per heavy atom. The second kappa shape index (κ2) is 14.6. The summed E-state index contributed by atoms with van der Waals surface area (Å²) in [4.78, 5) is 0. The van der Waals surface area contributed by atoms with Gasteiger partial charge in [0, 0.05) is 16.9 Å². The smallest absolute Gasteiger partial charge is 0.429 e. The van der Waals surface area contributed by atoms with E-state index in [4.69, 9.17) is 0 Å². The molecule has 0 N–H and O–H groups in total. The van der Waals surface area contributed by atoms with Crippen LogP contribution in [0.4, 0.5) is 43.9 Å². The van der Waals surface area contributed by atoms with E-state index in [2.05, 4.69) is 23.5 Å². The lowest BCUT2D eigenvalue weighted by Gasteiger charge is -2.20. The number of hydrogen-bond acceptors (Lipinski definition) is 1. The molecule has 50 heavy (non-hydrogen) atoms. The molecule has 0 aliphatic rings. The highest BCUT2D eigenvalue weighted by Crippen LogP contribution is 2.37. The second-order valence-electron chi connectivity index (χ2n) is 11.2. The molecule has 11 heteroatoms. The lowest BCUT2D eigenvalue weighted by atomic mass is 10.00. The van der Waals surface area contributed by atoms with Crippen LogP contribution in [0.15, 0.2) is 78.9 Å². The molecule has 0 aromatic heterocycles. The summed E-state index contributed by atoms with van der Waals surface area (Å²) in [7, 11) is 0. The van der Waals surface area contributed by atoms with Gasteiger partial charge in [0.05, 0.1) is 11.1 Å². The van der Waals surface area contributed by atoms with E-state index in [-0.39, 0.29) is 11.1 Å². The SMILES string of the molecule is CCCCCc1ccc(-c2ccc(C#Cc3cc(F)c(C(F)(F)Oc4ccc5c(F)c(C#CC(F)(F)F)c(F)cc5c4)c(F)c3)c(F)c2)cc1. The molecular formula is C39H24F10O. The van der Waals surface area contributed by atoms with Crippen molar-refractivity contribution in [3.8, 4) is 40.6 Å². The van der Waals surface area contributed by atoms with Gasteiger partial charge in [0.2, 0.25) is 0 Å². The molecule has 0 aliphatic carbocycles. The number of fused-ring (bicyclic) bond motifs is 1. The fraction of sp³-hybridized carbons (Fsp3) is 0.179. The molecule has 0 atom stereocenters. The molecule has 256 valence electrons. The van der Waals surface area contributed by atoms with Crippen molar-refractivity contribution in [1.82, 2.24) is 0 Å². The van der Waals surface area contributed by atoms with Gasteiger partial charge in [0.15, 0.2) is 0 Å². The zero-order chi connectivity index (χ0) is 36.2. The van der Waals surface area contributed by atoms with Crippen molar-refractivity contribution in [2.75, 3.05) is 0 Å². The zero-order valence-corrected chi connectivity index (χ0v) is 26.0. The third-order valence-corrected chi connectivity index (χ3v) is 7.58. The average molecular weight is 699 g/mol. The Labute approximate surface area is 280 Å². The molecule has 5 rings (SSSR count). The van der Waals surface area contributed by atoms with Crippen LogP contribution >= 0.6 is 0 Å². The molecule has 1 nitrogen and oxygen atoms in total. The molecule has 0 radical (unpaired) electrons. The summed E-state index contributed by atoms with van der Waals surface area (Å²) in [6.45, 7) is 2.12. The van der Waals surface area contributed by atoms with E-state index in [0.717, 1.165) is 49.3 Å². The van der Waals surface area contributed by atoms with Crippen molar-refractivity contribution in [1.29, 1.82) is 0 Å². The molecule has 0 amide bonds. The van der Waals surface area contributed by atoms with Crippen LogP contribution in [-0.2, 0) is 12.5 Å². The number of hydrogen-bond donors (Lipinski definition) is 0. The molecule has 5 aromatic carbocycles. The van der Waals surface area contributed by atoms with E-state index < -0.39 is 69.0 Å². The molecular weight excluding hydrogens is 674 g/mol. The summed E-state index contributed by atoms with van der Waals surface area (Å²) in [5, 5.41) is -0.889. The van der Waals surface area contributed by atoms with Gasteiger partial charge >= 0.3 is 12.3 Å². The highest BCUT2D eigenvalue weighted by atomic mass is 19.4. The van der Waals surface area contributed by atoms with Crippen molar-refractivity contribution < 1.29 is 48.6 Å². The second-order valence-corrected chi connectivity index (χ2v) is 11.2. The van der Waals surface area contributed by atoms with Crippen LogP contribution in [0, 0.1) is 52.8 Å². The highest BCUT2D eigenvalue weighted by molar-refractivity contribution is 5.86. The summed E-state index contributed by atoms with van der Waals surface area (Å²) in [6.07, 6.45) is -5.43. The average Bonchev–Trinajstić information content (AvgIpc) is 3.03. The summed E-state index contributed by atoms with van der Waals surface area (Å²) in [6, 6.07) is 15.8. The van der Waals surface area contributed by atoms with Gasteiger partial charge in [0.25, 0.3) is 0 Å². The summed E-state index contributed by atoms with van der Waals surface area (Å²) < 4.78 is 145. The Hall–Kier alpha value is -5.42. The Kier molecular flexibility index (Phi) is 10.5. The molecule has 0 fully saturated rings. The maximum atomic E-state index is 15.0. The van der Waals surface area contributed by atoms with Crippen molar-refractivity contribution in [2.45, 2.75) is 44.9 Å². The first kappa shape index (κ1) is 35.9. The lowest BCUT2D eigenvalue weighted by Crippen LogP contribution is -2.25. The van der Waals surface area contributed by atoms with Gasteiger partial charge in [-0.2, -0.15) is 22.0 Å². The minimum Gasteiger partial charge on any atom is -0.429 e. The molecule has 0 unspecified atom stereocenters. The van der Waals surface area contributed by atoms with Crippen LogP contribution in [0.5, 0.6) is 5.75 Å². The highest BCUT2D eigenvalue weighted by Gasteiger charge is 2.41. The normalized spacial score (nSPS) is 11.5. The fourth-order valence-corrected chi connectivity index (χ4v) is 5.12. The lowest BCUT2D eigenvalue weighted by molar-refractivity contribution is -0.189. The number of alkyl halides is 5. The Balaban J connectivity index is 1.34. The predicted octanol–water partition coefficient (Wildman–Crippen LogP) is 11.4. The predicted molar refractivity (Wildman–Crippen MR) is 169 cm³/mol. The Morgan fingerprint density at radius 1 is 0.640 bits per heavy atom. The van der Waals surface area contributed by atoms with Gasteiger partial charge in [-0.05, 0) is 83.4 Å². The van der Waals surface area contributed by atoms with E-state index in [1.807, 2.05) is 24.3 Å². The number of benzene rings is 5. The molecule has 0 saturated carbocycles. The largest absolute Gasteiger partial charge is 0.458 e. The fourth-order valence-electron chi connectivity index (χ4n) is 5.12. The number of halogens is 10. The summed E-state index contributed by atoms with van der Waals surface area (Å²) in [5.41, 5.74) is -0.963. The molecule has 5 aromatic rings. The topological polar surface area (TPSA) is 9.23 Å². The quantitative estimate of drug-likeness (QED) is 0.0891. The van der Waals surface area contributed by atoms with E-state index in [9.17, 15) is 35.1 Å².